The third-order valence-electron chi connectivity index (χ3n) is 3.57. The average molecular weight is 235 g/mol. The van der Waals surface area contributed by atoms with Crippen molar-refractivity contribution in [1.82, 2.24) is 0 Å². The maximum atomic E-state index is 9.92. The molecule has 4 nitrogen and oxygen atoms in total. The number of nitrogens with two attached hydrogens (primary N) is 2. The Morgan fingerprint density at radius 3 is 2.94 bits per heavy atom. The summed E-state index contributed by atoms with van der Waals surface area (Å²) in [5.41, 5.74) is 14.4. The molecule has 94 valence electrons. The van der Waals surface area contributed by atoms with Gasteiger partial charge in [0, 0.05) is 24.5 Å². The molecule has 1 aromatic rings. The van der Waals surface area contributed by atoms with Crippen molar-refractivity contribution in [2.75, 3.05) is 23.7 Å². The number of aliphatic hydroxyl groups excluding tert-OH is 1. The standard InChI is InChI=1S/C13H21N3O/c1-9-7-10(4-5-11(9)15)16-6-2-3-12(16)13(17)8-14/h4-5,7,12-13,17H,2-3,6,8,14-15H2,1H3. The highest BCUT2D eigenvalue weighted by molar-refractivity contribution is 5.59. The molecule has 2 atom stereocenters. The maximum absolute atomic E-state index is 9.92. The Bertz CT molecular complexity index is 394. The first-order chi connectivity index (χ1) is 8.13. The lowest BCUT2D eigenvalue weighted by molar-refractivity contribution is 0.153. The van der Waals surface area contributed by atoms with Gasteiger partial charge in [0.05, 0.1) is 12.1 Å². The topological polar surface area (TPSA) is 75.5 Å². The molecule has 1 saturated heterocycles. The zero-order valence-corrected chi connectivity index (χ0v) is 10.3. The number of benzene rings is 1. The van der Waals surface area contributed by atoms with Crippen molar-refractivity contribution in [3.8, 4) is 0 Å². The van der Waals surface area contributed by atoms with Gasteiger partial charge in [0.25, 0.3) is 0 Å². The average Bonchev–Trinajstić information content (AvgIpc) is 2.80. The summed E-state index contributed by atoms with van der Waals surface area (Å²) in [6.45, 7) is 3.30. The molecule has 1 aliphatic rings. The molecule has 17 heavy (non-hydrogen) atoms. The summed E-state index contributed by atoms with van der Waals surface area (Å²) in [4.78, 5) is 2.24. The Morgan fingerprint density at radius 2 is 2.29 bits per heavy atom. The summed E-state index contributed by atoms with van der Waals surface area (Å²) in [7, 11) is 0. The van der Waals surface area contributed by atoms with Crippen LogP contribution in [0.5, 0.6) is 0 Å². The van der Waals surface area contributed by atoms with E-state index in [0.717, 1.165) is 36.3 Å². The van der Waals surface area contributed by atoms with Gasteiger partial charge in [0.1, 0.15) is 0 Å². The Hall–Kier alpha value is -1.26. The highest BCUT2D eigenvalue weighted by Crippen LogP contribution is 2.29. The smallest absolute Gasteiger partial charge is 0.0865 e. The van der Waals surface area contributed by atoms with E-state index in [1.54, 1.807) is 0 Å². The minimum Gasteiger partial charge on any atom is -0.399 e. The van der Waals surface area contributed by atoms with E-state index in [-0.39, 0.29) is 6.04 Å². The highest BCUT2D eigenvalue weighted by Gasteiger charge is 2.30. The number of hydrogen-bond donors (Lipinski definition) is 3. The number of anilines is 2. The van der Waals surface area contributed by atoms with Crippen LogP contribution in [0.1, 0.15) is 18.4 Å². The molecule has 1 fully saturated rings. The molecule has 0 radical (unpaired) electrons. The van der Waals surface area contributed by atoms with Crippen LogP contribution in [0.15, 0.2) is 18.2 Å². The van der Waals surface area contributed by atoms with Crippen LogP contribution in [0.4, 0.5) is 11.4 Å². The fourth-order valence-corrected chi connectivity index (χ4v) is 2.51. The van der Waals surface area contributed by atoms with Gasteiger partial charge < -0.3 is 21.5 Å². The number of aliphatic hydroxyl groups is 1. The van der Waals surface area contributed by atoms with E-state index in [1.165, 1.54) is 0 Å². The van der Waals surface area contributed by atoms with Crippen molar-refractivity contribution in [1.29, 1.82) is 0 Å². The lowest BCUT2D eigenvalue weighted by atomic mass is 10.1. The lowest BCUT2D eigenvalue weighted by Crippen LogP contribution is -2.42. The van der Waals surface area contributed by atoms with Gasteiger partial charge in [-0.15, -0.1) is 0 Å². The second kappa shape index (κ2) is 4.94. The normalized spacial score (nSPS) is 21.8. The molecule has 1 aromatic carbocycles. The molecule has 2 rings (SSSR count). The molecule has 0 saturated carbocycles. The van der Waals surface area contributed by atoms with Crippen LogP contribution in [-0.2, 0) is 0 Å². The molecule has 0 bridgehead atoms. The number of nitrogens with zero attached hydrogens (tertiary/aromatic N) is 1. The van der Waals surface area contributed by atoms with Crippen molar-refractivity contribution < 1.29 is 5.11 Å². The third-order valence-corrected chi connectivity index (χ3v) is 3.57. The summed E-state index contributed by atoms with van der Waals surface area (Å²) < 4.78 is 0. The monoisotopic (exact) mass is 235 g/mol. The lowest BCUT2D eigenvalue weighted by Gasteiger charge is -2.30. The first-order valence-corrected chi connectivity index (χ1v) is 6.14. The van der Waals surface area contributed by atoms with Gasteiger partial charge in [0.2, 0.25) is 0 Å². The van der Waals surface area contributed by atoms with Gasteiger partial charge >= 0.3 is 0 Å². The summed E-state index contributed by atoms with van der Waals surface area (Å²) in [5.74, 6) is 0. The predicted molar refractivity (Wildman–Crippen MR) is 71.0 cm³/mol. The minimum absolute atomic E-state index is 0.142. The largest absolute Gasteiger partial charge is 0.399 e. The van der Waals surface area contributed by atoms with Gasteiger partial charge in [-0.05, 0) is 43.5 Å². The summed E-state index contributed by atoms with van der Waals surface area (Å²) in [5, 5.41) is 9.92. The van der Waals surface area contributed by atoms with Crippen LogP contribution in [-0.4, -0.2) is 30.3 Å². The van der Waals surface area contributed by atoms with Crippen molar-refractivity contribution in [2.45, 2.75) is 31.9 Å². The van der Waals surface area contributed by atoms with E-state index < -0.39 is 6.10 Å². The van der Waals surface area contributed by atoms with Crippen molar-refractivity contribution in [3.05, 3.63) is 23.8 Å². The maximum Gasteiger partial charge on any atom is 0.0865 e. The minimum atomic E-state index is -0.449. The van der Waals surface area contributed by atoms with E-state index in [9.17, 15) is 5.11 Å². The second-order valence-electron chi connectivity index (χ2n) is 4.75. The van der Waals surface area contributed by atoms with Gasteiger partial charge in [-0.1, -0.05) is 0 Å². The van der Waals surface area contributed by atoms with Crippen molar-refractivity contribution >= 4 is 11.4 Å². The number of hydrogen-bond acceptors (Lipinski definition) is 4. The van der Waals surface area contributed by atoms with Crippen molar-refractivity contribution in [2.24, 2.45) is 5.73 Å². The second-order valence-corrected chi connectivity index (χ2v) is 4.75. The molecular formula is C13H21N3O. The quantitative estimate of drug-likeness (QED) is 0.679. The van der Waals surface area contributed by atoms with Crippen LogP contribution >= 0.6 is 0 Å². The van der Waals surface area contributed by atoms with Gasteiger partial charge in [-0.2, -0.15) is 0 Å². The fraction of sp³-hybridized carbons (Fsp3) is 0.538. The Balaban J connectivity index is 2.23. The van der Waals surface area contributed by atoms with Crippen molar-refractivity contribution in [3.63, 3.8) is 0 Å². The number of rotatable bonds is 3. The molecule has 1 heterocycles. The zero-order valence-electron chi connectivity index (χ0n) is 10.3. The Labute approximate surface area is 102 Å². The molecule has 1 aliphatic heterocycles. The molecule has 4 heteroatoms. The van der Waals surface area contributed by atoms with E-state index in [0.29, 0.717) is 6.54 Å². The van der Waals surface area contributed by atoms with Gasteiger partial charge in [-0.3, -0.25) is 0 Å². The first kappa shape index (κ1) is 12.2. The predicted octanol–water partition coefficient (Wildman–Crippen LogP) is 0.866. The molecule has 0 spiro atoms. The van der Waals surface area contributed by atoms with Gasteiger partial charge in [0.15, 0.2) is 0 Å². The molecule has 0 aliphatic carbocycles. The van der Waals surface area contributed by atoms with Gasteiger partial charge in [-0.25, -0.2) is 0 Å². The molecule has 0 aromatic heterocycles. The molecule has 0 amide bonds. The van der Waals surface area contributed by atoms with Crippen LogP contribution in [0, 0.1) is 6.92 Å². The van der Waals surface area contributed by atoms with E-state index in [1.807, 2.05) is 19.1 Å². The highest BCUT2D eigenvalue weighted by atomic mass is 16.3. The molecular weight excluding hydrogens is 214 g/mol. The first-order valence-electron chi connectivity index (χ1n) is 6.14. The third kappa shape index (κ3) is 2.37. The molecule has 2 unspecified atom stereocenters. The Kier molecular flexibility index (Phi) is 3.54. The molecule has 5 N–H and O–H groups in total. The fourth-order valence-electron chi connectivity index (χ4n) is 2.51. The summed E-state index contributed by atoms with van der Waals surface area (Å²) in [6, 6.07) is 6.17. The zero-order chi connectivity index (χ0) is 12.4. The summed E-state index contributed by atoms with van der Waals surface area (Å²) >= 11 is 0. The van der Waals surface area contributed by atoms with Crippen LogP contribution in [0.2, 0.25) is 0 Å². The summed E-state index contributed by atoms with van der Waals surface area (Å²) in [6.07, 6.45) is 1.66. The van der Waals surface area contributed by atoms with Crippen LogP contribution in [0.25, 0.3) is 0 Å². The number of aryl methyl sites for hydroxylation is 1. The van der Waals surface area contributed by atoms with E-state index >= 15 is 0 Å². The van der Waals surface area contributed by atoms with Crippen LogP contribution in [0.3, 0.4) is 0 Å². The van der Waals surface area contributed by atoms with Crippen LogP contribution < -0.4 is 16.4 Å². The Morgan fingerprint density at radius 1 is 1.53 bits per heavy atom. The van der Waals surface area contributed by atoms with E-state index in [4.69, 9.17) is 11.5 Å². The SMILES string of the molecule is Cc1cc(N2CCCC2C(O)CN)ccc1N. The number of nitrogen functional groups attached to an aromatic ring is 1. The van der Waals surface area contributed by atoms with E-state index in [2.05, 4.69) is 11.0 Å².